The number of aryl methyl sites for hydroxylation is 1. The van der Waals surface area contributed by atoms with Crippen LogP contribution in [-0.4, -0.2) is 27.9 Å². The minimum Gasteiger partial charge on any atom is -0.330 e. The lowest BCUT2D eigenvalue weighted by Gasteiger charge is -2.10. The predicted octanol–water partition coefficient (Wildman–Crippen LogP) is 1.75. The van der Waals surface area contributed by atoms with Crippen molar-refractivity contribution in [2.45, 2.75) is 43.9 Å². The molecule has 22 heavy (non-hydrogen) atoms. The summed E-state index contributed by atoms with van der Waals surface area (Å²) in [5, 5.41) is 2.74. The summed E-state index contributed by atoms with van der Waals surface area (Å²) in [5.74, 6) is -0.107. The summed E-state index contributed by atoms with van der Waals surface area (Å²) >= 11 is 0. The molecule has 0 heterocycles. The first kappa shape index (κ1) is 18.6. The minimum absolute atomic E-state index is 0.107. The maximum atomic E-state index is 11.9. The highest BCUT2D eigenvalue weighted by atomic mass is 32.2. The largest absolute Gasteiger partial charge is 0.330 e. The Hall–Kier alpha value is -1.44. The van der Waals surface area contributed by atoms with Crippen LogP contribution < -0.4 is 15.8 Å². The smallest absolute Gasteiger partial charge is 0.240 e. The Morgan fingerprint density at radius 2 is 1.86 bits per heavy atom. The van der Waals surface area contributed by atoms with Crippen molar-refractivity contribution in [1.82, 2.24) is 4.72 Å². The molecule has 1 rings (SSSR count). The molecule has 0 saturated carbocycles. The van der Waals surface area contributed by atoms with E-state index in [1.54, 1.807) is 19.1 Å². The number of carbonyl (C=O) groups is 1. The number of benzene rings is 1. The molecular weight excluding hydrogens is 302 g/mol. The third kappa shape index (κ3) is 5.75. The lowest BCUT2D eigenvalue weighted by molar-refractivity contribution is -0.116. The SMILES string of the molecule is CNS(=O)(=O)c1cc(NC(=O)CCCCCCN)ccc1C. The van der Waals surface area contributed by atoms with Crippen molar-refractivity contribution < 1.29 is 13.2 Å². The molecule has 0 spiro atoms. The standard InChI is InChI=1S/C15H25N3O3S/c1-12-8-9-13(11-14(12)22(20,21)17-2)18-15(19)7-5-3-4-6-10-16/h8-9,11,17H,3-7,10,16H2,1-2H3,(H,18,19). The van der Waals surface area contributed by atoms with E-state index in [1.807, 2.05) is 0 Å². The highest BCUT2D eigenvalue weighted by Crippen LogP contribution is 2.20. The molecule has 0 fully saturated rings. The Bertz CT molecular complexity index is 600. The fraction of sp³-hybridized carbons (Fsp3) is 0.533. The van der Waals surface area contributed by atoms with Crippen LogP contribution in [0.5, 0.6) is 0 Å². The van der Waals surface area contributed by atoms with Crippen molar-refractivity contribution in [2.75, 3.05) is 18.9 Å². The molecule has 0 saturated heterocycles. The molecule has 0 radical (unpaired) electrons. The Morgan fingerprint density at radius 1 is 1.18 bits per heavy atom. The van der Waals surface area contributed by atoms with E-state index in [9.17, 15) is 13.2 Å². The van der Waals surface area contributed by atoms with Gasteiger partial charge in [-0.05, 0) is 51.1 Å². The maximum Gasteiger partial charge on any atom is 0.240 e. The zero-order valence-electron chi connectivity index (χ0n) is 13.2. The van der Waals surface area contributed by atoms with Crippen molar-refractivity contribution in [3.8, 4) is 0 Å². The molecule has 0 bridgehead atoms. The van der Waals surface area contributed by atoms with E-state index in [-0.39, 0.29) is 10.8 Å². The highest BCUT2D eigenvalue weighted by Gasteiger charge is 2.15. The Labute approximate surface area is 132 Å². The molecule has 0 aromatic heterocycles. The average molecular weight is 327 g/mol. The molecule has 0 aliphatic carbocycles. The van der Waals surface area contributed by atoms with Crippen LogP contribution in [0.4, 0.5) is 5.69 Å². The summed E-state index contributed by atoms with van der Waals surface area (Å²) in [6.45, 7) is 2.39. The van der Waals surface area contributed by atoms with Crippen molar-refractivity contribution in [1.29, 1.82) is 0 Å². The molecule has 124 valence electrons. The van der Waals surface area contributed by atoms with Crippen molar-refractivity contribution >= 4 is 21.6 Å². The van der Waals surface area contributed by atoms with Gasteiger partial charge >= 0.3 is 0 Å². The normalized spacial score (nSPS) is 11.4. The van der Waals surface area contributed by atoms with Crippen LogP contribution in [0.3, 0.4) is 0 Å². The zero-order valence-corrected chi connectivity index (χ0v) is 14.0. The number of sulfonamides is 1. The van der Waals surface area contributed by atoms with Crippen LogP contribution in [0.2, 0.25) is 0 Å². The van der Waals surface area contributed by atoms with E-state index in [2.05, 4.69) is 10.0 Å². The maximum absolute atomic E-state index is 11.9. The van der Waals surface area contributed by atoms with Gasteiger partial charge in [0.2, 0.25) is 15.9 Å². The molecule has 4 N–H and O–H groups in total. The van der Waals surface area contributed by atoms with Crippen LogP contribution in [0.1, 0.15) is 37.7 Å². The van der Waals surface area contributed by atoms with E-state index in [1.165, 1.54) is 13.1 Å². The number of rotatable bonds is 9. The number of amides is 1. The predicted molar refractivity (Wildman–Crippen MR) is 88.2 cm³/mol. The van der Waals surface area contributed by atoms with Gasteiger partial charge in [0.1, 0.15) is 0 Å². The fourth-order valence-corrected chi connectivity index (χ4v) is 3.08. The van der Waals surface area contributed by atoms with Gasteiger partial charge in [-0.25, -0.2) is 13.1 Å². The van der Waals surface area contributed by atoms with Crippen LogP contribution in [0.25, 0.3) is 0 Å². The summed E-state index contributed by atoms with van der Waals surface area (Å²) in [6.07, 6.45) is 4.20. The van der Waals surface area contributed by atoms with Gasteiger partial charge in [0, 0.05) is 12.1 Å². The zero-order chi connectivity index (χ0) is 16.6. The van der Waals surface area contributed by atoms with Crippen LogP contribution in [0, 0.1) is 6.92 Å². The Balaban J connectivity index is 2.63. The van der Waals surface area contributed by atoms with Gasteiger partial charge < -0.3 is 11.1 Å². The van der Waals surface area contributed by atoms with Gasteiger partial charge in [-0.3, -0.25) is 4.79 Å². The molecular formula is C15H25N3O3S. The monoisotopic (exact) mass is 327 g/mol. The first-order valence-corrected chi connectivity index (χ1v) is 8.93. The quantitative estimate of drug-likeness (QED) is 0.601. The van der Waals surface area contributed by atoms with Gasteiger partial charge in [0.25, 0.3) is 0 Å². The number of nitrogens with two attached hydrogens (primary N) is 1. The number of nitrogens with one attached hydrogen (secondary N) is 2. The second-order valence-electron chi connectivity index (χ2n) is 5.19. The lowest BCUT2D eigenvalue weighted by atomic mass is 10.1. The summed E-state index contributed by atoms with van der Waals surface area (Å²) in [4.78, 5) is 12.0. The first-order chi connectivity index (χ1) is 10.4. The molecule has 0 unspecified atom stereocenters. The van der Waals surface area contributed by atoms with Gasteiger partial charge in [0.05, 0.1) is 4.90 Å². The molecule has 0 aliphatic heterocycles. The lowest BCUT2D eigenvalue weighted by Crippen LogP contribution is -2.20. The Kier molecular flexibility index (Phi) is 7.50. The number of hydrogen-bond donors (Lipinski definition) is 3. The van der Waals surface area contributed by atoms with E-state index in [4.69, 9.17) is 5.73 Å². The minimum atomic E-state index is -3.53. The van der Waals surface area contributed by atoms with Gasteiger partial charge in [-0.1, -0.05) is 18.9 Å². The van der Waals surface area contributed by atoms with Crippen LogP contribution in [0.15, 0.2) is 23.1 Å². The molecule has 1 aromatic rings. The van der Waals surface area contributed by atoms with Crippen molar-refractivity contribution in [2.24, 2.45) is 5.73 Å². The van der Waals surface area contributed by atoms with Crippen molar-refractivity contribution in [3.05, 3.63) is 23.8 Å². The first-order valence-electron chi connectivity index (χ1n) is 7.45. The van der Waals surface area contributed by atoms with E-state index in [0.29, 0.717) is 24.2 Å². The van der Waals surface area contributed by atoms with Crippen LogP contribution >= 0.6 is 0 Å². The second kappa shape index (κ2) is 8.87. The topological polar surface area (TPSA) is 101 Å². The molecule has 0 aliphatic rings. The number of hydrogen-bond acceptors (Lipinski definition) is 4. The molecule has 1 amide bonds. The van der Waals surface area contributed by atoms with E-state index >= 15 is 0 Å². The van der Waals surface area contributed by atoms with E-state index < -0.39 is 10.0 Å². The summed E-state index contributed by atoms with van der Waals surface area (Å²) in [6, 6.07) is 4.87. The van der Waals surface area contributed by atoms with Gasteiger partial charge in [-0.15, -0.1) is 0 Å². The molecule has 7 heteroatoms. The second-order valence-corrected chi connectivity index (χ2v) is 7.04. The molecule has 0 atom stereocenters. The summed E-state index contributed by atoms with van der Waals surface area (Å²) in [7, 11) is -2.17. The third-order valence-electron chi connectivity index (χ3n) is 3.39. The van der Waals surface area contributed by atoms with Crippen molar-refractivity contribution in [3.63, 3.8) is 0 Å². The van der Waals surface area contributed by atoms with Crippen LogP contribution in [-0.2, 0) is 14.8 Å². The Morgan fingerprint density at radius 3 is 2.50 bits per heavy atom. The molecule has 6 nitrogen and oxygen atoms in total. The average Bonchev–Trinajstić information content (AvgIpc) is 2.49. The van der Waals surface area contributed by atoms with E-state index in [0.717, 1.165) is 25.7 Å². The highest BCUT2D eigenvalue weighted by molar-refractivity contribution is 7.89. The summed E-state index contributed by atoms with van der Waals surface area (Å²) < 4.78 is 26.1. The third-order valence-corrected chi connectivity index (χ3v) is 4.94. The number of carbonyl (C=O) groups excluding carboxylic acids is 1. The van der Waals surface area contributed by atoms with Gasteiger partial charge in [0.15, 0.2) is 0 Å². The molecule has 1 aromatic carbocycles. The fourth-order valence-electron chi connectivity index (χ4n) is 2.08. The summed E-state index contributed by atoms with van der Waals surface area (Å²) in [5.41, 5.74) is 6.54. The number of unbranched alkanes of at least 4 members (excludes halogenated alkanes) is 3. The number of anilines is 1. The van der Waals surface area contributed by atoms with Gasteiger partial charge in [-0.2, -0.15) is 0 Å².